The molecule has 1 fully saturated rings. The fraction of sp³-hybridized carbons (Fsp3) is 0.818. The zero-order chi connectivity index (χ0) is 14.1. The third-order valence-electron chi connectivity index (χ3n) is 2.38. The number of alkyl halides is 3. The molecule has 0 aromatic heterocycles. The van der Waals surface area contributed by atoms with Crippen LogP contribution in [0.25, 0.3) is 0 Å². The van der Waals surface area contributed by atoms with Gasteiger partial charge in [0.1, 0.15) is 5.60 Å². The van der Waals surface area contributed by atoms with Gasteiger partial charge in [0, 0.05) is 13.0 Å². The van der Waals surface area contributed by atoms with Gasteiger partial charge in [-0.2, -0.15) is 13.2 Å². The highest BCUT2D eigenvalue weighted by Crippen LogP contribution is 2.30. The maximum absolute atomic E-state index is 12.8. The molecule has 7 heteroatoms. The summed E-state index contributed by atoms with van der Waals surface area (Å²) in [5, 5.41) is 0. The van der Waals surface area contributed by atoms with E-state index in [1.54, 1.807) is 20.8 Å². The normalized spacial score (nSPS) is 22.0. The number of likely N-dealkylation sites (tertiary alicyclic amines) is 1. The lowest BCUT2D eigenvalue weighted by molar-refractivity contribution is -0.189. The van der Waals surface area contributed by atoms with Gasteiger partial charge in [-0.3, -0.25) is 9.69 Å². The third-order valence-corrected chi connectivity index (χ3v) is 2.38. The molecule has 1 aliphatic rings. The van der Waals surface area contributed by atoms with Crippen molar-refractivity contribution in [3.8, 4) is 0 Å². The van der Waals surface area contributed by atoms with E-state index in [0.29, 0.717) is 4.90 Å². The van der Waals surface area contributed by atoms with Gasteiger partial charge >= 0.3 is 12.3 Å². The zero-order valence-corrected chi connectivity index (χ0v) is 10.5. The summed E-state index contributed by atoms with van der Waals surface area (Å²) in [4.78, 5) is 23.5. The van der Waals surface area contributed by atoms with Crippen molar-refractivity contribution in [3.05, 3.63) is 0 Å². The number of piperidine rings is 1. The van der Waals surface area contributed by atoms with E-state index in [-0.39, 0.29) is 19.4 Å². The monoisotopic (exact) mass is 267 g/mol. The summed E-state index contributed by atoms with van der Waals surface area (Å²) in [7, 11) is 0. The minimum Gasteiger partial charge on any atom is -0.444 e. The fourth-order valence-corrected chi connectivity index (χ4v) is 1.74. The minimum atomic E-state index is -4.76. The average molecular weight is 267 g/mol. The van der Waals surface area contributed by atoms with Crippen molar-refractivity contribution in [3.63, 3.8) is 0 Å². The maximum atomic E-state index is 12.8. The van der Waals surface area contributed by atoms with Crippen molar-refractivity contribution >= 4 is 11.9 Å². The largest absolute Gasteiger partial charge is 0.444 e. The Morgan fingerprint density at radius 3 is 2.33 bits per heavy atom. The summed E-state index contributed by atoms with van der Waals surface area (Å²) in [6.07, 6.45) is -5.79. The molecule has 0 saturated carbocycles. The van der Waals surface area contributed by atoms with Crippen molar-refractivity contribution in [1.82, 2.24) is 4.90 Å². The number of ketones is 1. The Bertz CT molecular complexity index is 346. The van der Waals surface area contributed by atoms with Crippen LogP contribution in [0.4, 0.5) is 18.0 Å². The van der Waals surface area contributed by atoms with Crippen molar-refractivity contribution in [2.24, 2.45) is 0 Å². The zero-order valence-electron chi connectivity index (χ0n) is 10.5. The molecule has 18 heavy (non-hydrogen) atoms. The number of hydrogen-bond donors (Lipinski definition) is 0. The molecule has 1 aliphatic heterocycles. The molecular formula is C11H16F3NO3. The second kappa shape index (κ2) is 4.78. The predicted molar refractivity (Wildman–Crippen MR) is 57.0 cm³/mol. The smallest absolute Gasteiger partial charge is 0.416 e. The van der Waals surface area contributed by atoms with Gasteiger partial charge in [0.05, 0.1) is 0 Å². The van der Waals surface area contributed by atoms with Gasteiger partial charge in [0.2, 0.25) is 0 Å². The van der Waals surface area contributed by atoms with E-state index in [1.807, 2.05) is 0 Å². The fourth-order valence-electron chi connectivity index (χ4n) is 1.74. The number of nitrogens with zero attached hydrogens (tertiary/aromatic N) is 1. The van der Waals surface area contributed by atoms with Crippen molar-refractivity contribution in [2.45, 2.75) is 51.4 Å². The molecule has 104 valence electrons. The first-order valence-corrected chi connectivity index (χ1v) is 5.61. The number of carbonyl (C=O) groups is 2. The van der Waals surface area contributed by atoms with Crippen LogP contribution >= 0.6 is 0 Å². The standard InChI is InChI=1S/C11H16F3NO3/c1-10(2,3)18-9(17)15-6-4-5-7(16)8(15)11(12,13)14/h8H,4-6H2,1-3H3. The Labute approximate surface area is 103 Å². The van der Waals surface area contributed by atoms with Crippen LogP contribution < -0.4 is 0 Å². The molecule has 0 aliphatic carbocycles. The van der Waals surface area contributed by atoms with Crippen LogP contribution in [0.2, 0.25) is 0 Å². The van der Waals surface area contributed by atoms with Gasteiger partial charge in [-0.15, -0.1) is 0 Å². The molecule has 1 rings (SSSR count). The molecule has 1 heterocycles. The molecule has 0 spiro atoms. The van der Waals surface area contributed by atoms with Crippen molar-refractivity contribution in [2.75, 3.05) is 6.54 Å². The summed E-state index contributed by atoms with van der Waals surface area (Å²) in [6, 6.07) is -2.37. The highest BCUT2D eigenvalue weighted by atomic mass is 19.4. The molecule has 0 aromatic carbocycles. The molecular weight excluding hydrogens is 251 g/mol. The van der Waals surface area contributed by atoms with Crippen LogP contribution in [0.5, 0.6) is 0 Å². The Morgan fingerprint density at radius 1 is 1.33 bits per heavy atom. The van der Waals surface area contributed by atoms with Crippen LogP contribution in [0.3, 0.4) is 0 Å². The Balaban J connectivity index is 2.90. The van der Waals surface area contributed by atoms with Crippen LogP contribution in [0.15, 0.2) is 0 Å². The van der Waals surface area contributed by atoms with Crippen LogP contribution in [0, 0.1) is 0 Å². The molecule has 1 saturated heterocycles. The minimum absolute atomic E-state index is 0.120. The van der Waals surface area contributed by atoms with E-state index in [0.717, 1.165) is 0 Å². The lowest BCUT2D eigenvalue weighted by Gasteiger charge is -2.36. The molecule has 0 aromatic rings. The lowest BCUT2D eigenvalue weighted by atomic mass is 10.0. The summed E-state index contributed by atoms with van der Waals surface area (Å²) in [5.41, 5.74) is -0.895. The first-order valence-electron chi connectivity index (χ1n) is 5.61. The number of Topliss-reactive ketones (excluding diaryl/α,β-unsaturated/α-hetero) is 1. The topological polar surface area (TPSA) is 46.6 Å². The molecule has 0 radical (unpaired) electrons. The van der Waals surface area contributed by atoms with Crippen LogP contribution in [-0.4, -0.2) is 41.1 Å². The molecule has 1 unspecified atom stereocenters. The SMILES string of the molecule is CC(C)(C)OC(=O)N1CCCC(=O)C1C(F)(F)F. The van der Waals surface area contributed by atoms with Gasteiger partial charge in [-0.25, -0.2) is 4.79 Å². The summed E-state index contributed by atoms with van der Waals surface area (Å²) >= 11 is 0. The third kappa shape index (κ3) is 3.61. The second-order valence-electron chi connectivity index (χ2n) is 5.19. The molecule has 1 atom stereocenters. The number of amides is 1. The number of ether oxygens (including phenoxy) is 1. The van der Waals surface area contributed by atoms with Crippen molar-refractivity contribution in [1.29, 1.82) is 0 Å². The highest BCUT2D eigenvalue weighted by Gasteiger charge is 2.52. The summed E-state index contributed by atoms with van der Waals surface area (Å²) in [6.45, 7) is 4.54. The molecule has 1 amide bonds. The number of rotatable bonds is 0. The molecule has 0 bridgehead atoms. The lowest BCUT2D eigenvalue weighted by Crippen LogP contribution is -2.57. The molecule has 4 nitrogen and oxygen atoms in total. The van der Waals surface area contributed by atoms with E-state index in [9.17, 15) is 22.8 Å². The Hall–Kier alpha value is -1.27. The second-order valence-corrected chi connectivity index (χ2v) is 5.19. The van der Waals surface area contributed by atoms with E-state index in [4.69, 9.17) is 4.74 Å². The quantitative estimate of drug-likeness (QED) is 0.677. The Morgan fingerprint density at radius 2 is 1.89 bits per heavy atom. The van der Waals surface area contributed by atoms with E-state index in [2.05, 4.69) is 0 Å². The first-order chi connectivity index (χ1) is 8.02. The average Bonchev–Trinajstić information content (AvgIpc) is 2.12. The van der Waals surface area contributed by atoms with Crippen molar-refractivity contribution < 1.29 is 27.5 Å². The van der Waals surface area contributed by atoms with Crippen LogP contribution in [0.1, 0.15) is 33.6 Å². The van der Waals surface area contributed by atoms with Gasteiger partial charge in [-0.1, -0.05) is 0 Å². The van der Waals surface area contributed by atoms with E-state index >= 15 is 0 Å². The van der Waals surface area contributed by atoms with Crippen LogP contribution in [-0.2, 0) is 9.53 Å². The predicted octanol–water partition coefficient (Wildman–Crippen LogP) is 2.52. The van der Waals surface area contributed by atoms with Gasteiger partial charge in [0.15, 0.2) is 11.8 Å². The number of hydrogen-bond acceptors (Lipinski definition) is 3. The van der Waals surface area contributed by atoms with Gasteiger partial charge in [0.25, 0.3) is 0 Å². The number of halogens is 3. The first kappa shape index (κ1) is 14.8. The van der Waals surface area contributed by atoms with Gasteiger partial charge < -0.3 is 4.74 Å². The van der Waals surface area contributed by atoms with Gasteiger partial charge in [-0.05, 0) is 27.2 Å². The summed E-state index contributed by atoms with van der Waals surface area (Å²) in [5.74, 6) is -0.986. The highest BCUT2D eigenvalue weighted by molar-refractivity contribution is 5.89. The number of carbonyl (C=O) groups excluding carboxylic acids is 2. The maximum Gasteiger partial charge on any atom is 0.416 e. The molecule has 0 N–H and O–H groups in total. The van der Waals surface area contributed by atoms with E-state index in [1.165, 1.54) is 0 Å². The van der Waals surface area contributed by atoms with E-state index < -0.39 is 29.7 Å². The Kier molecular flexibility index (Phi) is 3.92. The summed E-state index contributed by atoms with van der Waals surface area (Å²) < 4.78 is 43.2.